The molecule has 4 rings (SSSR count). The normalized spacial score (nSPS) is 21.6. The second kappa shape index (κ2) is 9.53. The molecule has 1 aromatic heterocycles. The quantitative estimate of drug-likeness (QED) is 0.642. The first kappa shape index (κ1) is 20.7. The second-order valence-corrected chi connectivity index (χ2v) is 8.27. The Morgan fingerprint density at radius 3 is 2.87 bits per heavy atom. The summed E-state index contributed by atoms with van der Waals surface area (Å²) in [7, 11) is 0. The molecule has 1 N–H and O–H groups in total. The fraction of sp³-hybridized carbons (Fsp3) is 0.619. The third-order valence-corrected chi connectivity index (χ3v) is 5.67. The van der Waals surface area contributed by atoms with Gasteiger partial charge in [-0.3, -0.25) is 9.69 Å². The number of rotatable bonds is 8. The Labute approximate surface area is 177 Å². The van der Waals surface area contributed by atoms with E-state index in [9.17, 15) is 4.79 Å². The first-order chi connectivity index (χ1) is 14.6. The number of para-hydroxylation sites is 1. The number of hydrogen-bond donors (Lipinski definition) is 1. The molecule has 162 valence electrons. The van der Waals surface area contributed by atoms with Gasteiger partial charge in [0.25, 0.3) is 0 Å². The van der Waals surface area contributed by atoms with Gasteiger partial charge in [0, 0.05) is 38.4 Å². The van der Waals surface area contributed by atoms with Crippen LogP contribution in [0.2, 0.25) is 0 Å². The second-order valence-electron chi connectivity index (χ2n) is 8.27. The number of carbonyl (C=O) groups excluding carboxylic acids is 1. The maximum Gasteiger partial charge on any atom is 0.241 e. The minimum absolute atomic E-state index is 0.0610. The van der Waals surface area contributed by atoms with Crippen molar-refractivity contribution in [3.8, 4) is 0 Å². The summed E-state index contributed by atoms with van der Waals surface area (Å²) in [5, 5.41) is 14.9. The third-order valence-electron chi connectivity index (χ3n) is 5.67. The molecule has 9 nitrogen and oxygen atoms in total. The predicted molar refractivity (Wildman–Crippen MR) is 113 cm³/mol. The van der Waals surface area contributed by atoms with E-state index in [0.29, 0.717) is 18.9 Å². The van der Waals surface area contributed by atoms with Crippen molar-refractivity contribution in [3.05, 3.63) is 35.7 Å². The van der Waals surface area contributed by atoms with E-state index in [2.05, 4.69) is 68.8 Å². The Bertz CT molecular complexity index is 845. The standard InChI is InChI=1S/C21H31N7O2/c1-16-12-26(13-17(2)30-16)14-20-23-24-25-28(20)15-21(29)22-9-5-10-27-11-8-18-6-3-4-7-19(18)27/h3-4,6-7,16-17H,5,8-15H2,1-2H3,(H,22,29)/t16-,17+. The minimum atomic E-state index is -0.0610. The van der Waals surface area contributed by atoms with Crippen molar-refractivity contribution in [2.24, 2.45) is 0 Å². The first-order valence-corrected chi connectivity index (χ1v) is 10.8. The maximum absolute atomic E-state index is 12.4. The lowest BCUT2D eigenvalue weighted by Crippen LogP contribution is -2.45. The topological polar surface area (TPSA) is 88.4 Å². The zero-order valence-electron chi connectivity index (χ0n) is 17.8. The molecule has 0 unspecified atom stereocenters. The van der Waals surface area contributed by atoms with Crippen molar-refractivity contribution >= 4 is 11.6 Å². The predicted octanol–water partition coefficient (Wildman–Crippen LogP) is 0.851. The molecule has 9 heteroatoms. The number of aromatic nitrogens is 4. The van der Waals surface area contributed by atoms with Gasteiger partial charge in [-0.2, -0.15) is 0 Å². The summed E-state index contributed by atoms with van der Waals surface area (Å²) in [5.74, 6) is 0.647. The highest BCUT2D eigenvalue weighted by molar-refractivity contribution is 5.75. The number of carbonyl (C=O) groups is 1. The summed E-state index contributed by atoms with van der Waals surface area (Å²) in [6.07, 6.45) is 2.38. The highest BCUT2D eigenvalue weighted by atomic mass is 16.5. The molecule has 1 fully saturated rings. The van der Waals surface area contributed by atoms with E-state index in [-0.39, 0.29) is 24.7 Å². The van der Waals surface area contributed by atoms with E-state index in [1.165, 1.54) is 11.3 Å². The van der Waals surface area contributed by atoms with Gasteiger partial charge in [0.2, 0.25) is 5.91 Å². The summed E-state index contributed by atoms with van der Waals surface area (Å²) >= 11 is 0. The fourth-order valence-corrected chi connectivity index (χ4v) is 4.40. The van der Waals surface area contributed by atoms with Crippen molar-refractivity contribution in [2.45, 2.75) is 52.0 Å². The van der Waals surface area contributed by atoms with Gasteiger partial charge in [-0.05, 0) is 48.7 Å². The van der Waals surface area contributed by atoms with Gasteiger partial charge in [0.15, 0.2) is 5.82 Å². The number of nitrogens with one attached hydrogen (secondary N) is 1. The van der Waals surface area contributed by atoms with Crippen LogP contribution in [0.25, 0.3) is 0 Å². The smallest absolute Gasteiger partial charge is 0.241 e. The molecule has 2 aliphatic heterocycles. The fourth-order valence-electron chi connectivity index (χ4n) is 4.40. The van der Waals surface area contributed by atoms with Crippen LogP contribution in [0.1, 0.15) is 31.7 Å². The van der Waals surface area contributed by atoms with Crippen LogP contribution in [0.3, 0.4) is 0 Å². The van der Waals surface area contributed by atoms with Crippen LogP contribution in [0.5, 0.6) is 0 Å². The molecule has 2 atom stereocenters. The molecular formula is C21H31N7O2. The lowest BCUT2D eigenvalue weighted by molar-refractivity contribution is -0.122. The lowest BCUT2D eigenvalue weighted by atomic mass is 10.2. The molecule has 1 saturated heterocycles. The summed E-state index contributed by atoms with van der Waals surface area (Å²) in [6.45, 7) is 9.22. The van der Waals surface area contributed by atoms with Gasteiger partial charge in [-0.1, -0.05) is 18.2 Å². The van der Waals surface area contributed by atoms with Gasteiger partial charge < -0.3 is 15.0 Å². The molecule has 0 aliphatic carbocycles. The molecule has 0 saturated carbocycles. The van der Waals surface area contributed by atoms with E-state index < -0.39 is 0 Å². The van der Waals surface area contributed by atoms with Crippen molar-refractivity contribution < 1.29 is 9.53 Å². The van der Waals surface area contributed by atoms with Gasteiger partial charge in [-0.25, -0.2) is 4.68 Å². The van der Waals surface area contributed by atoms with Crippen LogP contribution in [-0.4, -0.2) is 75.9 Å². The number of hydrogen-bond acceptors (Lipinski definition) is 7. The Balaban J connectivity index is 1.20. The number of morpholine rings is 1. The van der Waals surface area contributed by atoms with Crippen LogP contribution in [0.4, 0.5) is 5.69 Å². The molecular weight excluding hydrogens is 382 g/mol. The lowest BCUT2D eigenvalue weighted by Gasteiger charge is -2.34. The number of fused-ring (bicyclic) bond motifs is 1. The number of ether oxygens (including phenoxy) is 1. The largest absolute Gasteiger partial charge is 0.373 e. The number of anilines is 1. The van der Waals surface area contributed by atoms with Gasteiger partial charge in [0.1, 0.15) is 6.54 Å². The summed E-state index contributed by atoms with van der Waals surface area (Å²) in [5.41, 5.74) is 2.74. The van der Waals surface area contributed by atoms with Crippen LogP contribution in [0.15, 0.2) is 24.3 Å². The van der Waals surface area contributed by atoms with Crippen LogP contribution >= 0.6 is 0 Å². The molecule has 2 aliphatic rings. The van der Waals surface area contributed by atoms with E-state index in [0.717, 1.165) is 39.0 Å². The molecule has 0 radical (unpaired) electrons. The Kier molecular flexibility index (Phi) is 6.59. The van der Waals surface area contributed by atoms with E-state index in [4.69, 9.17) is 4.74 Å². The Hall–Kier alpha value is -2.52. The summed E-state index contributed by atoms with van der Waals surface area (Å²) in [6, 6.07) is 8.55. The van der Waals surface area contributed by atoms with E-state index in [1.54, 1.807) is 4.68 Å². The van der Waals surface area contributed by atoms with Crippen LogP contribution < -0.4 is 10.2 Å². The average molecular weight is 414 g/mol. The number of tetrazole rings is 1. The minimum Gasteiger partial charge on any atom is -0.373 e. The zero-order chi connectivity index (χ0) is 20.9. The van der Waals surface area contributed by atoms with Crippen molar-refractivity contribution in [1.29, 1.82) is 0 Å². The molecule has 2 aromatic rings. The number of benzene rings is 1. The highest BCUT2D eigenvalue weighted by Crippen LogP contribution is 2.27. The van der Waals surface area contributed by atoms with E-state index in [1.807, 2.05) is 0 Å². The van der Waals surface area contributed by atoms with E-state index >= 15 is 0 Å². The average Bonchev–Trinajstić information content (AvgIpc) is 3.31. The third kappa shape index (κ3) is 5.14. The Morgan fingerprint density at radius 1 is 1.23 bits per heavy atom. The molecule has 0 bridgehead atoms. The SMILES string of the molecule is C[C@@H]1CN(Cc2nnnn2CC(=O)NCCCN2CCc3ccccc32)C[C@H](C)O1. The van der Waals surface area contributed by atoms with Crippen molar-refractivity contribution in [2.75, 3.05) is 37.6 Å². The number of nitrogens with zero attached hydrogens (tertiary/aromatic N) is 6. The Morgan fingerprint density at radius 2 is 2.03 bits per heavy atom. The van der Waals surface area contributed by atoms with Crippen molar-refractivity contribution in [1.82, 2.24) is 30.4 Å². The van der Waals surface area contributed by atoms with Crippen LogP contribution in [0, 0.1) is 0 Å². The highest BCUT2D eigenvalue weighted by Gasteiger charge is 2.24. The van der Waals surface area contributed by atoms with Gasteiger partial charge >= 0.3 is 0 Å². The zero-order valence-corrected chi connectivity index (χ0v) is 17.8. The number of amides is 1. The molecule has 0 spiro atoms. The molecule has 1 aromatic carbocycles. The van der Waals surface area contributed by atoms with Crippen LogP contribution in [-0.2, 0) is 29.0 Å². The summed E-state index contributed by atoms with van der Waals surface area (Å²) < 4.78 is 7.37. The molecule has 30 heavy (non-hydrogen) atoms. The van der Waals surface area contributed by atoms with Gasteiger partial charge in [-0.15, -0.1) is 5.10 Å². The first-order valence-electron chi connectivity index (χ1n) is 10.8. The van der Waals surface area contributed by atoms with Crippen molar-refractivity contribution in [3.63, 3.8) is 0 Å². The monoisotopic (exact) mass is 413 g/mol. The van der Waals surface area contributed by atoms with Gasteiger partial charge in [0.05, 0.1) is 18.8 Å². The molecule has 1 amide bonds. The maximum atomic E-state index is 12.4. The molecule has 3 heterocycles. The summed E-state index contributed by atoms with van der Waals surface area (Å²) in [4.78, 5) is 17.0.